The second-order valence-corrected chi connectivity index (χ2v) is 7.60. The molecule has 0 radical (unpaired) electrons. The Morgan fingerprint density at radius 1 is 0.515 bits per heavy atom. The number of hydrogen-bond acceptors (Lipinski definition) is 4. The summed E-state index contributed by atoms with van der Waals surface area (Å²) < 4.78 is 11.6. The highest BCUT2D eigenvalue weighted by Gasteiger charge is 2.19. The van der Waals surface area contributed by atoms with Crippen molar-refractivity contribution in [2.24, 2.45) is 0 Å². The van der Waals surface area contributed by atoms with Gasteiger partial charge in [0.25, 0.3) is 0 Å². The number of esters is 2. The first kappa shape index (κ1) is 20.5. The van der Waals surface area contributed by atoms with Gasteiger partial charge in [0.15, 0.2) is 0 Å². The molecule has 0 heterocycles. The van der Waals surface area contributed by atoms with E-state index >= 15 is 0 Å². The number of benzene rings is 5. The molecule has 0 fully saturated rings. The lowest BCUT2D eigenvalue weighted by Crippen LogP contribution is -2.10. The van der Waals surface area contributed by atoms with Crippen LogP contribution in [0.25, 0.3) is 21.5 Å². The van der Waals surface area contributed by atoms with Gasteiger partial charge in [0.2, 0.25) is 0 Å². The minimum Gasteiger partial charge on any atom is -0.457 e. The fraction of sp³-hybridized carbons (Fsp3) is 0.0345. The average molecular weight is 432 g/mol. The molecule has 0 spiro atoms. The lowest BCUT2D eigenvalue weighted by Gasteiger charge is -2.17. The first-order valence-corrected chi connectivity index (χ1v) is 10.6. The predicted molar refractivity (Wildman–Crippen MR) is 128 cm³/mol. The SMILES string of the molecule is O=C(OCc1c2ccccc2c(OC(=O)c2ccccc2)c2ccccc12)c1ccccc1. The quantitative estimate of drug-likeness (QED) is 0.179. The highest BCUT2D eigenvalue weighted by molar-refractivity contribution is 6.10. The topological polar surface area (TPSA) is 52.6 Å². The van der Waals surface area contributed by atoms with Crippen LogP contribution >= 0.6 is 0 Å². The third-order valence-electron chi connectivity index (χ3n) is 5.55. The number of fused-ring (bicyclic) bond motifs is 2. The van der Waals surface area contributed by atoms with Crippen LogP contribution in [0.4, 0.5) is 0 Å². The van der Waals surface area contributed by atoms with Gasteiger partial charge < -0.3 is 9.47 Å². The van der Waals surface area contributed by atoms with Gasteiger partial charge in [-0.1, -0.05) is 84.9 Å². The largest absolute Gasteiger partial charge is 0.457 e. The molecule has 4 nitrogen and oxygen atoms in total. The molecule has 33 heavy (non-hydrogen) atoms. The van der Waals surface area contributed by atoms with Crippen LogP contribution in [0.5, 0.6) is 5.75 Å². The molecule has 0 N–H and O–H groups in total. The summed E-state index contributed by atoms with van der Waals surface area (Å²) in [6.45, 7) is 0.0989. The van der Waals surface area contributed by atoms with E-state index in [2.05, 4.69) is 0 Å². The van der Waals surface area contributed by atoms with Crippen LogP contribution < -0.4 is 4.74 Å². The summed E-state index contributed by atoms with van der Waals surface area (Å²) >= 11 is 0. The van der Waals surface area contributed by atoms with E-state index in [0.717, 1.165) is 27.1 Å². The molecule has 5 aromatic carbocycles. The average Bonchev–Trinajstić information content (AvgIpc) is 2.89. The van der Waals surface area contributed by atoms with E-state index < -0.39 is 5.97 Å². The zero-order valence-electron chi connectivity index (χ0n) is 17.7. The van der Waals surface area contributed by atoms with Crippen molar-refractivity contribution < 1.29 is 19.1 Å². The molecule has 0 saturated carbocycles. The van der Waals surface area contributed by atoms with E-state index in [1.54, 1.807) is 48.5 Å². The van der Waals surface area contributed by atoms with Gasteiger partial charge in [-0.3, -0.25) is 0 Å². The van der Waals surface area contributed by atoms with E-state index in [9.17, 15) is 9.59 Å². The molecule has 5 rings (SSSR count). The van der Waals surface area contributed by atoms with Crippen molar-refractivity contribution in [2.45, 2.75) is 6.61 Å². The molecule has 0 aliphatic carbocycles. The predicted octanol–water partition coefficient (Wildman–Crippen LogP) is 6.57. The Morgan fingerprint density at radius 2 is 0.939 bits per heavy atom. The molecule has 0 amide bonds. The van der Waals surface area contributed by atoms with Crippen LogP contribution in [0.2, 0.25) is 0 Å². The van der Waals surface area contributed by atoms with E-state index in [1.807, 2.05) is 60.7 Å². The van der Waals surface area contributed by atoms with E-state index in [4.69, 9.17) is 9.47 Å². The van der Waals surface area contributed by atoms with Gasteiger partial charge in [-0.05, 0) is 35.0 Å². The van der Waals surface area contributed by atoms with E-state index in [1.165, 1.54) is 0 Å². The van der Waals surface area contributed by atoms with Gasteiger partial charge >= 0.3 is 11.9 Å². The van der Waals surface area contributed by atoms with E-state index in [-0.39, 0.29) is 12.6 Å². The maximum atomic E-state index is 12.9. The zero-order valence-corrected chi connectivity index (χ0v) is 17.7. The Bertz CT molecular complexity index is 1400. The third kappa shape index (κ3) is 4.06. The van der Waals surface area contributed by atoms with E-state index in [0.29, 0.717) is 16.9 Å². The number of carbonyl (C=O) groups is 2. The van der Waals surface area contributed by atoms with Crippen molar-refractivity contribution in [3.05, 3.63) is 126 Å². The molecule has 4 heteroatoms. The Balaban J connectivity index is 1.59. The minimum absolute atomic E-state index is 0.0989. The first-order valence-electron chi connectivity index (χ1n) is 10.6. The molecular formula is C29H20O4. The Morgan fingerprint density at radius 3 is 1.45 bits per heavy atom. The molecule has 0 atom stereocenters. The monoisotopic (exact) mass is 432 g/mol. The van der Waals surface area contributed by atoms with Crippen molar-refractivity contribution >= 4 is 33.5 Å². The minimum atomic E-state index is -0.422. The Hall–Kier alpha value is -4.44. The molecular weight excluding hydrogens is 412 g/mol. The van der Waals surface area contributed by atoms with Crippen molar-refractivity contribution in [1.29, 1.82) is 0 Å². The van der Waals surface area contributed by atoms with Crippen LogP contribution in [0.1, 0.15) is 26.3 Å². The molecule has 160 valence electrons. The van der Waals surface area contributed by atoms with Crippen LogP contribution in [0, 0.1) is 0 Å². The second-order valence-electron chi connectivity index (χ2n) is 7.60. The van der Waals surface area contributed by atoms with Crippen LogP contribution in [-0.4, -0.2) is 11.9 Å². The fourth-order valence-electron chi connectivity index (χ4n) is 3.97. The molecule has 0 saturated heterocycles. The Labute approximate surface area is 191 Å². The molecule has 5 aromatic rings. The normalized spacial score (nSPS) is 10.8. The third-order valence-corrected chi connectivity index (χ3v) is 5.55. The van der Waals surface area contributed by atoms with Crippen molar-refractivity contribution in [2.75, 3.05) is 0 Å². The second kappa shape index (κ2) is 8.97. The Kier molecular flexibility index (Phi) is 5.56. The fourth-order valence-corrected chi connectivity index (χ4v) is 3.97. The maximum absolute atomic E-state index is 12.9. The lowest BCUT2D eigenvalue weighted by atomic mass is 9.96. The molecule has 0 aliphatic heterocycles. The summed E-state index contributed by atoms with van der Waals surface area (Å²) in [6, 6.07) is 33.2. The highest BCUT2D eigenvalue weighted by atomic mass is 16.5. The summed E-state index contributed by atoms with van der Waals surface area (Å²) in [5.41, 5.74) is 1.84. The number of ether oxygens (including phenoxy) is 2. The van der Waals surface area contributed by atoms with Crippen LogP contribution in [0.15, 0.2) is 109 Å². The van der Waals surface area contributed by atoms with Crippen LogP contribution in [0.3, 0.4) is 0 Å². The maximum Gasteiger partial charge on any atom is 0.343 e. The molecule has 0 aromatic heterocycles. The van der Waals surface area contributed by atoms with Gasteiger partial charge in [0.05, 0.1) is 11.1 Å². The van der Waals surface area contributed by atoms with Gasteiger partial charge in [-0.2, -0.15) is 0 Å². The van der Waals surface area contributed by atoms with Crippen LogP contribution in [-0.2, 0) is 11.3 Å². The smallest absolute Gasteiger partial charge is 0.343 e. The summed E-state index contributed by atoms with van der Waals surface area (Å²) in [6.07, 6.45) is 0. The number of rotatable bonds is 5. The summed E-state index contributed by atoms with van der Waals surface area (Å²) in [4.78, 5) is 25.4. The molecule has 0 unspecified atom stereocenters. The number of hydrogen-bond donors (Lipinski definition) is 0. The summed E-state index contributed by atoms with van der Waals surface area (Å²) in [5.74, 6) is -0.314. The first-order chi connectivity index (χ1) is 16.2. The molecule has 0 bridgehead atoms. The van der Waals surface area contributed by atoms with Crippen molar-refractivity contribution in [3.8, 4) is 5.75 Å². The van der Waals surface area contributed by atoms with Crippen molar-refractivity contribution in [1.82, 2.24) is 0 Å². The van der Waals surface area contributed by atoms with Gasteiger partial charge in [0, 0.05) is 16.3 Å². The zero-order chi connectivity index (χ0) is 22.6. The summed E-state index contributed by atoms with van der Waals surface area (Å²) in [7, 11) is 0. The highest BCUT2D eigenvalue weighted by Crippen LogP contribution is 2.39. The van der Waals surface area contributed by atoms with Gasteiger partial charge in [0.1, 0.15) is 12.4 Å². The van der Waals surface area contributed by atoms with Gasteiger partial charge in [-0.15, -0.1) is 0 Å². The standard InChI is InChI=1S/C29H20O4/c30-28(20-11-3-1-4-12-20)32-19-26-22-15-7-9-17-24(22)27(25-18-10-8-16-23(25)26)33-29(31)21-13-5-2-6-14-21/h1-18H,19H2. The lowest BCUT2D eigenvalue weighted by molar-refractivity contribution is 0.0476. The molecule has 0 aliphatic rings. The summed E-state index contributed by atoms with van der Waals surface area (Å²) in [5, 5.41) is 3.30. The van der Waals surface area contributed by atoms with Crippen molar-refractivity contribution in [3.63, 3.8) is 0 Å². The number of carbonyl (C=O) groups excluding carboxylic acids is 2. The van der Waals surface area contributed by atoms with Gasteiger partial charge in [-0.25, -0.2) is 9.59 Å².